The first-order chi connectivity index (χ1) is 9.15. The predicted octanol–water partition coefficient (Wildman–Crippen LogP) is 4.10. The van der Waals surface area contributed by atoms with Crippen molar-refractivity contribution in [2.24, 2.45) is 0 Å². The van der Waals surface area contributed by atoms with E-state index < -0.39 is 6.10 Å². The molecule has 1 atom stereocenters. The van der Waals surface area contributed by atoms with Gasteiger partial charge in [0, 0.05) is 5.02 Å². The maximum absolute atomic E-state index is 10.0. The summed E-state index contributed by atoms with van der Waals surface area (Å²) in [5.74, 6) is 0.220. The van der Waals surface area contributed by atoms with Crippen LogP contribution in [0, 0.1) is 0 Å². The summed E-state index contributed by atoms with van der Waals surface area (Å²) in [7, 11) is 0. The molecule has 0 radical (unpaired) electrons. The summed E-state index contributed by atoms with van der Waals surface area (Å²) in [4.78, 5) is 0. The fraction of sp³-hybridized carbons (Fsp3) is 0.250. The molecule has 2 nitrogen and oxygen atoms in total. The van der Waals surface area contributed by atoms with E-state index in [9.17, 15) is 10.2 Å². The molecule has 0 aliphatic rings. The molecule has 2 N–H and O–H groups in total. The molecule has 0 saturated heterocycles. The third-order valence-corrected chi connectivity index (χ3v) is 3.39. The van der Waals surface area contributed by atoms with Gasteiger partial charge in [0.05, 0.1) is 6.10 Å². The second kappa shape index (κ2) is 6.60. The van der Waals surface area contributed by atoms with Crippen LogP contribution in [-0.4, -0.2) is 10.2 Å². The summed E-state index contributed by atoms with van der Waals surface area (Å²) in [6, 6.07) is 14.5. The highest BCUT2D eigenvalue weighted by Crippen LogP contribution is 2.22. The number of phenols is 1. The van der Waals surface area contributed by atoms with Crippen molar-refractivity contribution in [3.05, 3.63) is 64.7 Å². The zero-order valence-electron chi connectivity index (χ0n) is 10.6. The molecule has 3 heteroatoms. The Kier molecular flexibility index (Phi) is 4.83. The molecule has 0 aliphatic carbocycles. The van der Waals surface area contributed by atoms with E-state index in [1.54, 1.807) is 24.3 Å². The summed E-state index contributed by atoms with van der Waals surface area (Å²) in [6.45, 7) is 0. The SMILES string of the molecule is Oc1ccc(C(O)CCCc2ccc(Cl)cc2)cc1. The van der Waals surface area contributed by atoms with Gasteiger partial charge in [-0.25, -0.2) is 0 Å². The quantitative estimate of drug-likeness (QED) is 0.863. The van der Waals surface area contributed by atoms with Gasteiger partial charge in [0.25, 0.3) is 0 Å². The zero-order valence-corrected chi connectivity index (χ0v) is 11.3. The van der Waals surface area contributed by atoms with Crippen LogP contribution < -0.4 is 0 Å². The number of hydrogen-bond donors (Lipinski definition) is 2. The van der Waals surface area contributed by atoms with Crippen molar-refractivity contribution in [2.45, 2.75) is 25.4 Å². The normalized spacial score (nSPS) is 12.3. The molecule has 100 valence electrons. The average molecular weight is 277 g/mol. The lowest BCUT2D eigenvalue weighted by Crippen LogP contribution is -1.98. The number of rotatable bonds is 5. The highest BCUT2D eigenvalue weighted by Gasteiger charge is 2.07. The molecular formula is C16H17ClO2. The van der Waals surface area contributed by atoms with Crippen LogP contribution >= 0.6 is 11.6 Å². The lowest BCUT2D eigenvalue weighted by molar-refractivity contribution is 0.164. The van der Waals surface area contributed by atoms with Crippen LogP contribution in [0.2, 0.25) is 5.02 Å². The van der Waals surface area contributed by atoms with Crippen LogP contribution in [0.1, 0.15) is 30.1 Å². The number of phenolic OH excluding ortho intramolecular Hbond substituents is 1. The van der Waals surface area contributed by atoms with Gasteiger partial charge >= 0.3 is 0 Å². The Morgan fingerprint density at radius 2 is 1.58 bits per heavy atom. The van der Waals surface area contributed by atoms with Crippen LogP contribution in [-0.2, 0) is 6.42 Å². The topological polar surface area (TPSA) is 40.5 Å². The molecular weight excluding hydrogens is 260 g/mol. The van der Waals surface area contributed by atoms with Gasteiger partial charge in [-0.05, 0) is 54.7 Å². The second-order valence-corrected chi connectivity index (χ2v) is 5.06. The van der Waals surface area contributed by atoms with Gasteiger partial charge in [-0.1, -0.05) is 35.9 Å². The van der Waals surface area contributed by atoms with E-state index in [4.69, 9.17) is 11.6 Å². The minimum absolute atomic E-state index is 0.220. The largest absolute Gasteiger partial charge is 0.508 e. The van der Waals surface area contributed by atoms with Crippen LogP contribution in [0.25, 0.3) is 0 Å². The number of aliphatic hydroxyl groups is 1. The van der Waals surface area contributed by atoms with E-state index in [0.717, 1.165) is 23.4 Å². The number of hydrogen-bond acceptors (Lipinski definition) is 2. The highest BCUT2D eigenvalue weighted by atomic mass is 35.5. The number of aliphatic hydroxyl groups excluding tert-OH is 1. The van der Waals surface area contributed by atoms with Gasteiger partial charge in [0.1, 0.15) is 5.75 Å². The third kappa shape index (κ3) is 4.27. The van der Waals surface area contributed by atoms with Gasteiger partial charge < -0.3 is 10.2 Å². The van der Waals surface area contributed by atoms with E-state index in [1.165, 1.54) is 5.56 Å². The molecule has 19 heavy (non-hydrogen) atoms. The first kappa shape index (κ1) is 13.9. The summed E-state index contributed by atoms with van der Waals surface area (Å²) in [5.41, 5.74) is 2.07. The molecule has 0 aromatic heterocycles. The lowest BCUT2D eigenvalue weighted by Gasteiger charge is -2.11. The maximum atomic E-state index is 10.0. The van der Waals surface area contributed by atoms with Crippen molar-refractivity contribution >= 4 is 11.6 Å². The lowest BCUT2D eigenvalue weighted by atomic mass is 10.0. The Balaban J connectivity index is 1.82. The molecule has 2 aromatic carbocycles. The summed E-state index contributed by atoms with van der Waals surface area (Å²) in [6.07, 6.45) is 2.05. The smallest absolute Gasteiger partial charge is 0.115 e. The number of aromatic hydroxyl groups is 1. The maximum Gasteiger partial charge on any atom is 0.115 e. The summed E-state index contributed by atoms with van der Waals surface area (Å²) >= 11 is 5.83. The van der Waals surface area contributed by atoms with Crippen molar-refractivity contribution in [1.29, 1.82) is 0 Å². The fourth-order valence-corrected chi connectivity index (χ4v) is 2.14. The van der Waals surface area contributed by atoms with E-state index in [2.05, 4.69) is 0 Å². The fourth-order valence-electron chi connectivity index (χ4n) is 2.01. The Morgan fingerprint density at radius 1 is 0.947 bits per heavy atom. The van der Waals surface area contributed by atoms with Gasteiger partial charge in [-0.3, -0.25) is 0 Å². The first-order valence-electron chi connectivity index (χ1n) is 6.36. The van der Waals surface area contributed by atoms with Crippen molar-refractivity contribution in [2.75, 3.05) is 0 Å². The van der Waals surface area contributed by atoms with E-state index in [1.807, 2.05) is 24.3 Å². The molecule has 2 aromatic rings. The highest BCUT2D eigenvalue weighted by molar-refractivity contribution is 6.30. The van der Waals surface area contributed by atoms with Gasteiger partial charge in [0.2, 0.25) is 0 Å². The van der Waals surface area contributed by atoms with Gasteiger partial charge in [-0.2, -0.15) is 0 Å². The van der Waals surface area contributed by atoms with E-state index in [0.29, 0.717) is 6.42 Å². The van der Waals surface area contributed by atoms with Crippen LogP contribution in [0.15, 0.2) is 48.5 Å². The molecule has 1 unspecified atom stereocenters. The molecule has 0 saturated carbocycles. The van der Waals surface area contributed by atoms with Crippen molar-refractivity contribution < 1.29 is 10.2 Å². The molecule has 2 rings (SSSR count). The van der Waals surface area contributed by atoms with Crippen molar-refractivity contribution in [1.82, 2.24) is 0 Å². The minimum Gasteiger partial charge on any atom is -0.508 e. The Hall–Kier alpha value is -1.51. The molecule has 0 fully saturated rings. The zero-order chi connectivity index (χ0) is 13.7. The van der Waals surface area contributed by atoms with Crippen molar-refractivity contribution in [3.63, 3.8) is 0 Å². The second-order valence-electron chi connectivity index (χ2n) is 4.63. The monoisotopic (exact) mass is 276 g/mol. The van der Waals surface area contributed by atoms with Crippen molar-refractivity contribution in [3.8, 4) is 5.75 Å². The van der Waals surface area contributed by atoms with E-state index >= 15 is 0 Å². The first-order valence-corrected chi connectivity index (χ1v) is 6.74. The molecule has 0 amide bonds. The average Bonchev–Trinajstić information content (AvgIpc) is 2.41. The number of aryl methyl sites for hydroxylation is 1. The van der Waals surface area contributed by atoms with Crippen LogP contribution in [0.3, 0.4) is 0 Å². The van der Waals surface area contributed by atoms with Crippen LogP contribution in [0.4, 0.5) is 0 Å². The Labute approximate surface area is 118 Å². The summed E-state index contributed by atoms with van der Waals surface area (Å²) in [5, 5.41) is 20.0. The van der Waals surface area contributed by atoms with Gasteiger partial charge in [-0.15, -0.1) is 0 Å². The van der Waals surface area contributed by atoms with E-state index in [-0.39, 0.29) is 5.75 Å². The predicted molar refractivity (Wildman–Crippen MR) is 77.5 cm³/mol. The summed E-state index contributed by atoms with van der Waals surface area (Å²) < 4.78 is 0. The number of benzene rings is 2. The molecule has 0 aliphatic heterocycles. The molecule has 0 bridgehead atoms. The third-order valence-electron chi connectivity index (χ3n) is 3.13. The standard InChI is InChI=1S/C16H17ClO2/c17-14-8-4-12(5-9-14)2-1-3-16(19)13-6-10-15(18)11-7-13/h4-11,16,18-19H,1-3H2. The Bertz CT molecular complexity index is 505. The molecule has 0 heterocycles. The van der Waals surface area contributed by atoms with Gasteiger partial charge in [0.15, 0.2) is 0 Å². The molecule has 0 spiro atoms. The van der Waals surface area contributed by atoms with Crippen LogP contribution in [0.5, 0.6) is 5.75 Å². The number of halogens is 1. The minimum atomic E-state index is -0.479. The Morgan fingerprint density at radius 3 is 2.21 bits per heavy atom.